The lowest BCUT2D eigenvalue weighted by Crippen LogP contribution is -2.43. The maximum atomic E-state index is 12.2. The highest BCUT2D eigenvalue weighted by Gasteiger charge is 2.38. The molecule has 8 heteroatoms. The molecular formula is C16H21N3O5. The van der Waals surface area contributed by atoms with Gasteiger partial charge in [0.1, 0.15) is 0 Å². The molecule has 1 heterocycles. The first-order chi connectivity index (χ1) is 11.4. The number of rotatable bonds is 5. The summed E-state index contributed by atoms with van der Waals surface area (Å²) >= 11 is 0. The molecule has 0 unspecified atom stereocenters. The van der Waals surface area contributed by atoms with Gasteiger partial charge in [0.05, 0.1) is 12.6 Å². The summed E-state index contributed by atoms with van der Waals surface area (Å²) in [6.45, 7) is 0.349. The molecule has 130 valence electrons. The fourth-order valence-electron chi connectivity index (χ4n) is 2.61. The molecule has 24 heavy (non-hydrogen) atoms. The zero-order valence-corrected chi connectivity index (χ0v) is 13.6. The van der Waals surface area contributed by atoms with Crippen molar-refractivity contribution in [1.29, 1.82) is 0 Å². The van der Waals surface area contributed by atoms with Crippen LogP contribution in [0.4, 0.5) is 4.79 Å². The summed E-state index contributed by atoms with van der Waals surface area (Å²) < 4.78 is 4.80. The Morgan fingerprint density at radius 2 is 1.96 bits per heavy atom. The standard InChI is InChI=1S/C16H21N3O5/c1-18(2)10-13(20)19-9-12(8-14(19)24-16(22)23)17-15(21)11-6-4-3-5-7-11/h3-7,12,14H,8-10H2,1-2H3,(H,17,21)(H,22,23)/t12-,14+/m1/s1. The topological polar surface area (TPSA) is 99.2 Å². The van der Waals surface area contributed by atoms with E-state index in [4.69, 9.17) is 9.84 Å². The van der Waals surface area contributed by atoms with E-state index in [1.165, 1.54) is 4.90 Å². The lowest BCUT2D eigenvalue weighted by molar-refractivity contribution is -0.139. The molecule has 0 radical (unpaired) electrons. The number of likely N-dealkylation sites (tertiary alicyclic amines) is 1. The first kappa shape index (κ1) is 17.7. The number of carbonyl (C=O) groups is 3. The Morgan fingerprint density at radius 3 is 2.54 bits per heavy atom. The quantitative estimate of drug-likeness (QED) is 0.765. The molecule has 0 aliphatic carbocycles. The smallest absolute Gasteiger partial charge is 0.450 e. The van der Waals surface area contributed by atoms with Crippen LogP contribution in [0.3, 0.4) is 0 Å². The van der Waals surface area contributed by atoms with E-state index < -0.39 is 12.4 Å². The molecule has 1 aromatic carbocycles. The van der Waals surface area contributed by atoms with E-state index in [9.17, 15) is 14.4 Å². The summed E-state index contributed by atoms with van der Waals surface area (Å²) in [6.07, 6.45) is -2.11. The van der Waals surface area contributed by atoms with Gasteiger partial charge in [-0.3, -0.25) is 9.59 Å². The van der Waals surface area contributed by atoms with Crippen LogP contribution >= 0.6 is 0 Å². The SMILES string of the molecule is CN(C)CC(=O)N1C[C@H](NC(=O)c2ccccc2)C[C@@H]1OC(=O)O. The molecule has 0 bridgehead atoms. The predicted octanol–water partition coefficient (Wildman–Crippen LogP) is 0.600. The van der Waals surface area contributed by atoms with Gasteiger partial charge in [0, 0.05) is 18.5 Å². The Labute approximate surface area is 140 Å². The average Bonchev–Trinajstić information content (AvgIpc) is 2.89. The van der Waals surface area contributed by atoms with Gasteiger partial charge in [-0.25, -0.2) is 4.79 Å². The highest BCUT2D eigenvalue weighted by molar-refractivity contribution is 5.94. The average molecular weight is 335 g/mol. The minimum Gasteiger partial charge on any atom is -0.450 e. The highest BCUT2D eigenvalue weighted by atomic mass is 16.7. The lowest BCUT2D eigenvalue weighted by Gasteiger charge is -2.24. The molecule has 1 fully saturated rings. The van der Waals surface area contributed by atoms with Crippen molar-refractivity contribution in [2.24, 2.45) is 0 Å². The number of hydrogen-bond acceptors (Lipinski definition) is 5. The second-order valence-corrected chi connectivity index (χ2v) is 5.89. The van der Waals surface area contributed by atoms with Gasteiger partial charge >= 0.3 is 6.16 Å². The van der Waals surface area contributed by atoms with Crippen LogP contribution in [0.25, 0.3) is 0 Å². The van der Waals surface area contributed by atoms with Crippen molar-refractivity contribution >= 4 is 18.0 Å². The summed E-state index contributed by atoms with van der Waals surface area (Å²) in [6, 6.07) is 8.33. The summed E-state index contributed by atoms with van der Waals surface area (Å²) in [7, 11) is 3.49. The van der Waals surface area contributed by atoms with Gasteiger partial charge in [0.2, 0.25) is 5.91 Å². The molecule has 8 nitrogen and oxygen atoms in total. The fourth-order valence-corrected chi connectivity index (χ4v) is 2.61. The zero-order valence-electron chi connectivity index (χ0n) is 13.6. The van der Waals surface area contributed by atoms with E-state index in [-0.39, 0.29) is 37.4 Å². The summed E-state index contributed by atoms with van der Waals surface area (Å²) in [5, 5.41) is 11.7. The van der Waals surface area contributed by atoms with Crippen LogP contribution in [0, 0.1) is 0 Å². The molecule has 2 amide bonds. The fraction of sp³-hybridized carbons (Fsp3) is 0.438. The second-order valence-electron chi connectivity index (χ2n) is 5.89. The monoisotopic (exact) mass is 335 g/mol. The molecule has 2 atom stereocenters. The maximum absolute atomic E-state index is 12.2. The highest BCUT2D eigenvalue weighted by Crippen LogP contribution is 2.20. The number of nitrogens with zero attached hydrogens (tertiary/aromatic N) is 2. The van der Waals surface area contributed by atoms with Crippen molar-refractivity contribution in [3.05, 3.63) is 35.9 Å². The van der Waals surface area contributed by atoms with Gasteiger partial charge in [0.25, 0.3) is 5.91 Å². The number of likely N-dealkylation sites (N-methyl/N-ethyl adjacent to an activating group) is 1. The zero-order chi connectivity index (χ0) is 17.7. The van der Waals surface area contributed by atoms with E-state index >= 15 is 0 Å². The van der Waals surface area contributed by atoms with Crippen molar-refractivity contribution < 1.29 is 24.2 Å². The van der Waals surface area contributed by atoms with Crippen molar-refractivity contribution in [3.63, 3.8) is 0 Å². The number of hydrogen-bond donors (Lipinski definition) is 2. The van der Waals surface area contributed by atoms with Gasteiger partial charge in [0.15, 0.2) is 6.23 Å². The minimum atomic E-state index is -1.45. The molecule has 0 saturated carbocycles. The van der Waals surface area contributed by atoms with Crippen LogP contribution in [0.15, 0.2) is 30.3 Å². The molecule has 1 saturated heterocycles. The van der Waals surface area contributed by atoms with Gasteiger partial charge in [-0.15, -0.1) is 0 Å². The molecule has 1 aliphatic rings. The van der Waals surface area contributed by atoms with Crippen molar-refractivity contribution in [1.82, 2.24) is 15.1 Å². The van der Waals surface area contributed by atoms with E-state index in [2.05, 4.69) is 5.32 Å². The summed E-state index contributed by atoms with van der Waals surface area (Å²) in [4.78, 5) is 38.3. The van der Waals surface area contributed by atoms with Crippen molar-refractivity contribution in [3.8, 4) is 0 Å². The van der Waals surface area contributed by atoms with Crippen LogP contribution in [0.1, 0.15) is 16.8 Å². The van der Waals surface area contributed by atoms with Crippen molar-refractivity contribution in [2.75, 3.05) is 27.2 Å². The number of amides is 2. The Kier molecular flexibility index (Phi) is 5.75. The Bertz CT molecular complexity index is 605. The second kappa shape index (κ2) is 7.78. The number of ether oxygens (including phenoxy) is 1. The molecular weight excluding hydrogens is 314 g/mol. The Balaban J connectivity index is 2.03. The van der Waals surface area contributed by atoms with Gasteiger partial charge in [-0.1, -0.05) is 18.2 Å². The maximum Gasteiger partial charge on any atom is 0.507 e. The van der Waals surface area contributed by atoms with Crippen LogP contribution < -0.4 is 5.32 Å². The number of carboxylic acid groups (broad SMARTS) is 1. The number of benzene rings is 1. The molecule has 1 aliphatic heterocycles. The Hall–Kier alpha value is -2.61. The third kappa shape index (κ3) is 4.69. The van der Waals surface area contributed by atoms with Gasteiger partial charge in [-0.2, -0.15) is 0 Å². The van der Waals surface area contributed by atoms with E-state index in [0.29, 0.717) is 5.56 Å². The van der Waals surface area contributed by atoms with Crippen LogP contribution in [0.2, 0.25) is 0 Å². The van der Waals surface area contributed by atoms with E-state index in [1.54, 1.807) is 43.3 Å². The summed E-state index contributed by atoms with van der Waals surface area (Å²) in [5.41, 5.74) is 0.506. The van der Waals surface area contributed by atoms with Crippen LogP contribution in [-0.4, -0.2) is 72.3 Å². The number of nitrogens with one attached hydrogen (secondary N) is 1. The van der Waals surface area contributed by atoms with E-state index in [1.807, 2.05) is 6.07 Å². The third-order valence-electron chi connectivity index (χ3n) is 3.63. The van der Waals surface area contributed by atoms with Gasteiger partial charge < -0.3 is 25.0 Å². The first-order valence-corrected chi connectivity index (χ1v) is 7.56. The molecule has 1 aromatic rings. The molecule has 0 spiro atoms. The molecule has 2 rings (SSSR count). The van der Waals surface area contributed by atoms with Crippen LogP contribution in [0.5, 0.6) is 0 Å². The third-order valence-corrected chi connectivity index (χ3v) is 3.63. The normalized spacial score (nSPS) is 20.0. The number of carbonyl (C=O) groups excluding carboxylic acids is 2. The van der Waals surface area contributed by atoms with E-state index in [0.717, 1.165) is 0 Å². The summed E-state index contributed by atoms with van der Waals surface area (Å²) in [5.74, 6) is -0.515. The molecule has 2 N–H and O–H groups in total. The first-order valence-electron chi connectivity index (χ1n) is 7.56. The minimum absolute atomic E-state index is 0.138. The predicted molar refractivity (Wildman–Crippen MR) is 85.5 cm³/mol. The van der Waals surface area contributed by atoms with Crippen LogP contribution in [-0.2, 0) is 9.53 Å². The van der Waals surface area contributed by atoms with Crippen molar-refractivity contribution in [2.45, 2.75) is 18.7 Å². The Morgan fingerprint density at radius 1 is 1.29 bits per heavy atom. The van der Waals surface area contributed by atoms with Gasteiger partial charge in [-0.05, 0) is 26.2 Å². The largest absolute Gasteiger partial charge is 0.507 e. The lowest BCUT2D eigenvalue weighted by atomic mass is 10.2. The molecule has 0 aromatic heterocycles.